The first-order valence-electron chi connectivity index (χ1n) is 26.0. The van der Waals surface area contributed by atoms with Crippen molar-refractivity contribution in [3.05, 3.63) is 89.2 Å². The molecule has 0 aromatic heterocycles. The molecule has 0 N–H and O–H groups in total. The molecule has 0 unspecified atom stereocenters. The molecule has 0 saturated heterocycles. The van der Waals surface area contributed by atoms with Crippen molar-refractivity contribution in [3.63, 3.8) is 0 Å². The molecule has 0 heteroatoms. The third-order valence-electron chi connectivity index (χ3n) is 8.00. The molecule has 0 aliphatic carbocycles. The second kappa shape index (κ2) is 144. The minimum atomic E-state index is 0. The lowest BCUT2D eigenvalue weighted by molar-refractivity contribution is 1.23. The van der Waals surface area contributed by atoms with Crippen LogP contribution in [0.1, 0.15) is 384 Å². The molecule has 0 aliphatic heterocycles. The smallest absolute Gasteiger partial charge is 0.0440 e. The van der Waals surface area contributed by atoms with Crippen LogP contribution in [0.25, 0.3) is 0 Å². The van der Waals surface area contributed by atoms with E-state index in [1.807, 2.05) is 111 Å². The molecule has 0 aromatic carbocycles. The van der Waals surface area contributed by atoms with E-state index in [-0.39, 0.29) is 52.0 Å². The molecule has 0 heterocycles. The summed E-state index contributed by atoms with van der Waals surface area (Å²) in [5, 5.41) is 0. The molecule has 0 spiro atoms. The van der Waals surface area contributed by atoms with E-state index in [2.05, 4.69) is 222 Å². The Hall–Kier alpha value is -2.08. The number of rotatable bonds is 0. The minimum Gasteiger partial charge on any atom is -0.0778 e. The summed E-state index contributed by atoms with van der Waals surface area (Å²) in [6, 6.07) is 0. The second-order valence-electron chi connectivity index (χ2n) is 16.0. The Morgan fingerprint density at radius 2 is 0.0986 bits per heavy atom. The highest BCUT2D eigenvalue weighted by Crippen LogP contribution is 2.00. The van der Waals surface area contributed by atoms with E-state index in [9.17, 15) is 0 Å². The van der Waals surface area contributed by atoms with Gasteiger partial charge in [0, 0.05) is 0 Å². The summed E-state index contributed by atoms with van der Waals surface area (Å²) < 4.78 is 0. The molecule has 0 aliphatic rings. The topological polar surface area (TPSA) is 0 Å². The van der Waals surface area contributed by atoms with Gasteiger partial charge < -0.3 is 0 Å². The number of hydrogen-bond acceptors (Lipinski definition) is 0. The van der Waals surface area contributed by atoms with Crippen LogP contribution in [0.2, 0.25) is 0 Å². The Bertz CT molecular complexity index is 665. The Kier molecular flexibility index (Phi) is 306. The molecular weight excluding hydrogens is 853 g/mol. The predicted molar refractivity (Wildman–Crippen MR) is 376 cm³/mol. The van der Waals surface area contributed by atoms with Gasteiger partial charge in [-0.05, 0) is 222 Å². The molecule has 0 saturated carbocycles. The minimum absolute atomic E-state index is 0. The van der Waals surface area contributed by atoms with E-state index in [0.717, 1.165) is 0 Å². The predicted octanol–water partition coefficient (Wildman–Crippen LogP) is 31.6. The van der Waals surface area contributed by atoms with Crippen LogP contribution < -0.4 is 0 Å². The van der Waals surface area contributed by atoms with Crippen molar-refractivity contribution < 1.29 is 0 Å². The standard InChI is InChI=1S/8C6H12.8C2H6.7CH4/c8*1-5(2)6(3)4;8*1-2;;;;;;;/h8*1-4H3;8*1-2H3;7*1H4. The summed E-state index contributed by atoms with van der Waals surface area (Å²) in [4.78, 5) is 0. The van der Waals surface area contributed by atoms with E-state index < -0.39 is 0 Å². The molecule has 71 heavy (non-hydrogen) atoms. The quantitative estimate of drug-likeness (QED) is 0.212. The third-order valence-corrected chi connectivity index (χ3v) is 8.00. The largest absolute Gasteiger partial charge is 0.0778 e. The van der Waals surface area contributed by atoms with Gasteiger partial charge in [0.05, 0.1) is 0 Å². The highest BCUT2D eigenvalue weighted by Gasteiger charge is 1.79. The van der Waals surface area contributed by atoms with Crippen LogP contribution in [0.4, 0.5) is 0 Å². The summed E-state index contributed by atoms with van der Waals surface area (Å²) in [5.74, 6) is 0. The van der Waals surface area contributed by atoms with Crippen molar-refractivity contribution in [1.82, 2.24) is 0 Å². The Labute approximate surface area is 471 Å². The Balaban J connectivity index is -0.0000000167. The first-order chi connectivity index (χ1) is 29.1. The second-order valence-corrected chi connectivity index (χ2v) is 16.0. The van der Waals surface area contributed by atoms with Gasteiger partial charge in [-0.15, -0.1) is 0 Å². The number of hydrogen-bond donors (Lipinski definition) is 0. The zero-order valence-corrected chi connectivity index (χ0v) is 56.0. The van der Waals surface area contributed by atoms with Crippen LogP contribution in [0.15, 0.2) is 89.2 Å². The van der Waals surface area contributed by atoms with E-state index in [1.54, 1.807) is 0 Å². The van der Waals surface area contributed by atoms with E-state index in [4.69, 9.17) is 0 Å². The Morgan fingerprint density at radius 3 is 0.0986 bits per heavy atom. The molecule has 0 aromatic rings. The van der Waals surface area contributed by atoms with Crippen molar-refractivity contribution >= 4 is 0 Å². The fraction of sp³-hybridized carbons (Fsp3) is 0.775. The van der Waals surface area contributed by atoms with Gasteiger partial charge >= 0.3 is 0 Å². The van der Waals surface area contributed by atoms with Crippen LogP contribution in [0.3, 0.4) is 0 Å². The van der Waals surface area contributed by atoms with Crippen LogP contribution in [-0.2, 0) is 0 Å². The molecule has 0 radical (unpaired) electrons. The van der Waals surface area contributed by atoms with Gasteiger partial charge in [0.1, 0.15) is 0 Å². The fourth-order valence-corrected chi connectivity index (χ4v) is 0. The van der Waals surface area contributed by atoms with E-state index in [0.29, 0.717) is 0 Å². The highest BCUT2D eigenvalue weighted by molar-refractivity contribution is 5.05. The maximum atomic E-state index is 2.12. The molecule has 0 nitrogen and oxygen atoms in total. The van der Waals surface area contributed by atoms with Crippen molar-refractivity contribution in [2.24, 2.45) is 0 Å². The number of allylic oxidation sites excluding steroid dienone is 16. The lowest BCUT2D eigenvalue weighted by Gasteiger charge is -1.88. The summed E-state index contributed by atoms with van der Waals surface area (Å²) in [6.07, 6.45) is 0. The van der Waals surface area contributed by atoms with Crippen LogP contribution in [0.5, 0.6) is 0 Å². The van der Waals surface area contributed by atoms with Gasteiger partial charge in [-0.1, -0.05) is 252 Å². The van der Waals surface area contributed by atoms with Crippen LogP contribution >= 0.6 is 0 Å². The fourth-order valence-electron chi connectivity index (χ4n) is 0. The molecular formula is C71H172. The van der Waals surface area contributed by atoms with Gasteiger partial charge in [-0.3, -0.25) is 0 Å². The van der Waals surface area contributed by atoms with Crippen molar-refractivity contribution in [1.29, 1.82) is 0 Å². The van der Waals surface area contributed by atoms with Gasteiger partial charge in [-0.2, -0.15) is 0 Å². The average Bonchev–Trinajstić information content (AvgIpc) is 3.25. The van der Waals surface area contributed by atoms with Crippen molar-refractivity contribution in [2.75, 3.05) is 0 Å². The summed E-state index contributed by atoms with van der Waals surface area (Å²) in [7, 11) is 0. The molecule has 0 atom stereocenters. The molecule has 456 valence electrons. The van der Waals surface area contributed by atoms with Gasteiger partial charge in [0.2, 0.25) is 0 Å². The van der Waals surface area contributed by atoms with Crippen molar-refractivity contribution in [3.8, 4) is 0 Å². The van der Waals surface area contributed by atoms with Crippen molar-refractivity contribution in [2.45, 2.75) is 384 Å². The highest BCUT2D eigenvalue weighted by atomic mass is 13.9. The lowest BCUT2D eigenvalue weighted by atomic mass is 10.2. The first kappa shape index (κ1) is 151. The maximum Gasteiger partial charge on any atom is -0.0440 e. The lowest BCUT2D eigenvalue weighted by Crippen LogP contribution is -1.66. The summed E-state index contributed by atoms with van der Waals surface area (Å²) >= 11 is 0. The zero-order valence-electron chi connectivity index (χ0n) is 56.0. The Morgan fingerprint density at radius 1 is 0.0845 bits per heavy atom. The molecule has 0 amide bonds. The molecule has 0 fully saturated rings. The average molecular weight is 1030 g/mol. The molecule has 0 bridgehead atoms. The SMILES string of the molecule is C.C.C.C.C.C.C.CC.CC.CC.CC.CC.CC.CC.CC.CC(C)=C(C)C.CC(C)=C(C)C.CC(C)=C(C)C.CC(C)=C(C)C.CC(C)=C(C)C.CC(C)=C(C)C.CC(C)=C(C)C.CC(C)=C(C)C. The normalized spacial score (nSPS) is 6.08. The van der Waals surface area contributed by atoms with Crippen LogP contribution in [0, 0.1) is 0 Å². The van der Waals surface area contributed by atoms with Gasteiger partial charge in [-0.25, -0.2) is 0 Å². The first-order valence-corrected chi connectivity index (χ1v) is 26.0. The maximum absolute atomic E-state index is 2.12. The van der Waals surface area contributed by atoms with Crippen LogP contribution in [-0.4, -0.2) is 0 Å². The zero-order chi connectivity index (χ0) is 57.2. The van der Waals surface area contributed by atoms with E-state index in [1.165, 1.54) is 89.2 Å². The summed E-state index contributed by atoms with van der Waals surface area (Å²) in [5.41, 5.74) is 22.8. The third kappa shape index (κ3) is 330. The van der Waals surface area contributed by atoms with Gasteiger partial charge in [0.15, 0.2) is 0 Å². The molecule has 0 rings (SSSR count). The summed E-state index contributed by atoms with van der Waals surface area (Å²) in [6.45, 7) is 99.9. The van der Waals surface area contributed by atoms with E-state index >= 15 is 0 Å². The van der Waals surface area contributed by atoms with Gasteiger partial charge in [0.25, 0.3) is 0 Å². The monoisotopic (exact) mass is 1030 g/mol.